The van der Waals surface area contributed by atoms with E-state index >= 15 is 0 Å². The van der Waals surface area contributed by atoms with Gasteiger partial charge in [-0.15, -0.1) is 0 Å². The second-order valence-corrected chi connectivity index (χ2v) is 7.12. The van der Waals surface area contributed by atoms with E-state index in [4.69, 9.17) is 30.1 Å². The molecule has 100 valence electrons. The van der Waals surface area contributed by atoms with Gasteiger partial charge in [0.1, 0.15) is 11.5 Å². The van der Waals surface area contributed by atoms with E-state index in [9.17, 15) is 0 Å². The van der Waals surface area contributed by atoms with Crippen molar-refractivity contribution in [2.45, 2.75) is 32.5 Å². The lowest BCUT2D eigenvalue weighted by Gasteiger charge is -2.33. The van der Waals surface area contributed by atoms with Gasteiger partial charge >= 0.3 is 6.72 Å². The molecule has 1 unspecified atom stereocenters. The molecule has 3 atom stereocenters. The predicted molar refractivity (Wildman–Crippen MR) is 73.6 cm³/mol. The maximum Gasteiger partial charge on any atom is 0.381 e. The van der Waals surface area contributed by atoms with Crippen LogP contribution in [0.5, 0.6) is 11.5 Å². The van der Waals surface area contributed by atoms with Gasteiger partial charge in [0, 0.05) is 18.2 Å². The molecule has 0 saturated carbocycles. The lowest BCUT2D eigenvalue weighted by Crippen LogP contribution is -2.25. The number of hydrogen-bond donors (Lipinski definition) is 0. The van der Waals surface area contributed by atoms with E-state index < -0.39 is 6.72 Å². The van der Waals surface area contributed by atoms with Crippen LogP contribution in [0.3, 0.4) is 0 Å². The highest BCUT2D eigenvalue weighted by molar-refractivity contribution is 8.07. The highest BCUT2D eigenvalue weighted by Gasteiger charge is 2.33. The first-order valence-electron chi connectivity index (χ1n) is 5.81. The highest BCUT2D eigenvalue weighted by Crippen LogP contribution is 2.55. The second-order valence-electron chi connectivity index (χ2n) is 4.28. The summed E-state index contributed by atoms with van der Waals surface area (Å²) in [5, 5.41) is 0. The van der Waals surface area contributed by atoms with Gasteiger partial charge in [0.15, 0.2) is 0 Å². The minimum atomic E-state index is -2.68. The van der Waals surface area contributed by atoms with E-state index in [2.05, 4.69) is 0 Å². The van der Waals surface area contributed by atoms with Crippen LogP contribution in [0.4, 0.5) is 0 Å². The molecule has 1 fully saturated rings. The summed E-state index contributed by atoms with van der Waals surface area (Å²) in [6, 6.07) is 7.22. The average molecular weight is 288 g/mol. The van der Waals surface area contributed by atoms with Crippen molar-refractivity contribution in [3.05, 3.63) is 24.3 Å². The number of rotatable bonds is 3. The van der Waals surface area contributed by atoms with Gasteiger partial charge in [0.2, 0.25) is 0 Å². The fourth-order valence-corrected chi connectivity index (χ4v) is 4.54. The Hall–Kier alpha value is -0.610. The molecule has 1 aromatic rings. The zero-order chi connectivity index (χ0) is 13.2. The van der Waals surface area contributed by atoms with Gasteiger partial charge < -0.3 is 9.26 Å². The predicted octanol–water partition coefficient (Wildman–Crippen LogP) is 3.51. The lowest BCUT2D eigenvalue weighted by atomic mass is 10.2. The van der Waals surface area contributed by atoms with Crippen LogP contribution in [0.1, 0.15) is 20.3 Å². The molecule has 18 heavy (non-hydrogen) atoms. The molecular formula is C12H17O4PS. The van der Waals surface area contributed by atoms with E-state index in [1.165, 1.54) is 0 Å². The Bertz CT molecular complexity index is 434. The molecule has 4 nitrogen and oxygen atoms in total. The molecule has 1 saturated heterocycles. The molecule has 0 aromatic heterocycles. The van der Waals surface area contributed by atoms with Crippen molar-refractivity contribution in [1.82, 2.24) is 0 Å². The zero-order valence-corrected chi connectivity index (χ0v) is 12.4. The molecule has 0 radical (unpaired) electrons. The van der Waals surface area contributed by atoms with Crippen molar-refractivity contribution in [2.24, 2.45) is 0 Å². The Kier molecular flexibility index (Phi) is 4.28. The van der Waals surface area contributed by atoms with Crippen molar-refractivity contribution in [3.63, 3.8) is 0 Å². The molecule has 0 amide bonds. The quantitative estimate of drug-likeness (QED) is 0.796. The zero-order valence-electron chi connectivity index (χ0n) is 10.7. The van der Waals surface area contributed by atoms with Gasteiger partial charge in [-0.25, -0.2) is 0 Å². The van der Waals surface area contributed by atoms with Crippen molar-refractivity contribution in [1.29, 1.82) is 0 Å². The topological polar surface area (TPSA) is 36.9 Å². The van der Waals surface area contributed by atoms with Crippen LogP contribution in [0.2, 0.25) is 0 Å². The number of methoxy groups -OCH3 is 1. The average Bonchev–Trinajstić information content (AvgIpc) is 2.27. The Balaban J connectivity index is 2.09. The molecule has 0 spiro atoms. The SMILES string of the molecule is COc1ccc(OP2(=S)O[C@H](C)C[C@H](C)O2)cc1. The van der Waals surface area contributed by atoms with Crippen LogP contribution in [0, 0.1) is 0 Å². The van der Waals surface area contributed by atoms with Crippen LogP contribution in [0.15, 0.2) is 24.3 Å². The maximum atomic E-state index is 5.71. The van der Waals surface area contributed by atoms with Crippen LogP contribution in [-0.4, -0.2) is 19.3 Å². The fraction of sp³-hybridized carbons (Fsp3) is 0.500. The Morgan fingerprint density at radius 2 is 1.61 bits per heavy atom. The third-order valence-electron chi connectivity index (χ3n) is 2.56. The largest absolute Gasteiger partial charge is 0.497 e. The summed E-state index contributed by atoms with van der Waals surface area (Å²) in [5.41, 5.74) is 0. The monoisotopic (exact) mass is 288 g/mol. The number of benzene rings is 1. The van der Waals surface area contributed by atoms with Crippen LogP contribution >= 0.6 is 6.72 Å². The first-order chi connectivity index (χ1) is 8.50. The molecule has 0 aliphatic carbocycles. The van der Waals surface area contributed by atoms with Crippen molar-refractivity contribution >= 4 is 18.5 Å². The third-order valence-corrected chi connectivity index (χ3v) is 4.97. The molecule has 2 rings (SSSR count). The lowest BCUT2D eigenvalue weighted by molar-refractivity contribution is 0.0475. The molecule has 1 aromatic carbocycles. The minimum Gasteiger partial charge on any atom is -0.497 e. The number of ether oxygens (including phenoxy) is 1. The van der Waals surface area contributed by atoms with E-state index in [-0.39, 0.29) is 12.2 Å². The summed E-state index contributed by atoms with van der Waals surface area (Å²) < 4.78 is 22.1. The number of hydrogen-bond acceptors (Lipinski definition) is 5. The van der Waals surface area contributed by atoms with E-state index in [1.54, 1.807) is 19.2 Å². The van der Waals surface area contributed by atoms with Crippen molar-refractivity contribution < 1.29 is 18.3 Å². The van der Waals surface area contributed by atoms with Gasteiger partial charge in [0.25, 0.3) is 0 Å². The molecular weight excluding hydrogens is 271 g/mol. The summed E-state index contributed by atoms with van der Waals surface area (Å²) in [6.45, 7) is 1.29. The molecule has 6 heteroatoms. The second kappa shape index (κ2) is 5.57. The van der Waals surface area contributed by atoms with E-state index in [1.807, 2.05) is 26.0 Å². The molecule has 1 aliphatic heterocycles. The van der Waals surface area contributed by atoms with Gasteiger partial charge in [-0.3, -0.25) is 9.05 Å². The standard InChI is InChI=1S/C12H17O4PS/c1-9-8-10(2)15-17(18,14-9)16-12-6-4-11(13-3)5-7-12/h4-7,9-10H,8H2,1-3H3/t9-,10+,17?. The summed E-state index contributed by atoms with van der Waals surface area (Å²) in [5.74, 6) is 1.41. The smallest absolute Gasteiger partial charge is 0.381 e. The molecule has 0 bridgehead atoms. The Morgan fingerprint density at radius 3 is 2.11 bits per heavy atom. The Morgan fingerprint density at radius 1 is 1.11 bits per heavy atom. The summed E-state index contributed by atoms with van der Waals surface area (Å²) in [6.07, 6.45) is 0.973. The van der Waals surface area contributed by atoms with Crippen LogP contribution in [-0.2, 0) is 20.9 Å². The first kappa shape index (κ1) is 13.8. The normalized spacial score (nSPS) is 31.9. The van der Waals surface area contributed by atoms with Gasteiger partial charge in [0.05, 0.1) is 19.3 Å². The van der Waals surface area contributed by atoms with Gasteiger partial charge in [-0.05, 0) is 38.1 Å². The summed E-state index contributed by atoms with van der Waals surface area (Å²) in [4.78, 5) is 0. The minimum absolute atomic E-state index is 0.0674. The van der Waals surface area contributed by atoms with Gasteiger partial charge in [-0.1, -0.05) is 0 Å². The molecule has 1 aliphatic rings. The maximum absolute atomic E-state index is 5.71. The summed E-state index contributed by atoms with van der Waals surface area (Å²) >= 11 is 5.36. The Labute approximate surface area is 112 Å². The third kappa shape index (κ3) is 3.45. The molecule has 1 heterocycles. The van der Waals surface area contributed by atoms with Crippen LogP contribution in [0.25, 0.3) is 0 Å². The van der Waals surface area contributed by atoms with E-state index in [0.717, 1.165) is 12.2 Å². The fourth-order valence-electron chi connectivity index (χ4n) is 1.83. The molecule has 0 N–H and O–H groups in total. The highest BCUT2D eigenvalue weighted by atomic mass is 32.5. The van der Waals surface area contributed by atoms with Crippen molar-refractivity contribution in [2.75, 3.05) is 7.11 Å². The van der Waals surface area contributed by atoms with Crippen molar-refractivity contribution in [3.8, 4) is 11.5 Å². The van der Waals surface area contributed by atoms with Gasteiger partial charge in [-0.2, -0.15) is 0 Å². The van der Waals surface area contributed by atoms with Crippen LogP contribution < -0.4 is 9.26 Å². The summed E-state index contributed by atoms with van der Waals surface area (Å²) in [7, 11) is 1.62. The van der Waals surface area contributed by atoms with E-state index in [0.29, 0.717) is 5.75 Å². The first-order valence-corrected chi connectivity index (χ1v) is 8.37.